The maximum absolute atomic E-state index is 12.9. The highest BCUT2D eigenvalue weighted by atomic mass is 19.1. The van der Waals surface area contributed by atoms with Crippen LogP contribution in [0.1, 0.15) is 22.0 Å². The number of hydrogen-bond acceptors (Lipinski definition) is 2. The number of hydrogen-bond donors (Lipinski definition) is 1. The van der Waals surface area contributed by atoms with E-state index in [0.717, 1.165) is 6.54 Å². The van der Waals surface area contributed by atoms with Crippen LogP contribution >= 0.6 is 0 Å². The zero-order chi connectivity index (χ0) is 14.7. The van der Waals surface area contributed by atoms with Gasteiger partial charge in [-0.1, -0.05) is 30.3 Å². The van der Waals surface area contributed by atoms with Gasteiger partial charge in [0.1, 0.15) is 5.82 Å². The van der Waals surface area contributed by atoms with Crippen molar-refractivity contribution < 1.29 is 9.18 Å². The lowest BCUT2D eigenvalue weighted by Gasteiger charge is -2.34. The second-order valence-corrected chi connectivity index (χ2v) is 5.18. The van der Waals surface area contributed by atoms with E-state index >= 15 is 0 Å². The maximum Gasteiger partial charge on any atom is 0.253 e. The van der Waals surface area contributed by atoms with Crippen molar-refractivity contribution in [3.8, 4) is 0 Å². The van der Waals surface area contributed by atoms with Crippen LogP contribution in [0.4, 0.5) is 4.39 Å². The van der Waals surface area contributed by atoms with Crippen molar-refractivity contribution in [1.29, 1.82) is 0 Å². The number of rotatable bonds is 2. The average molecular weight is 284 g/mol. The van der Waals surface area contributed by atoms with E-state index in [2.05, 4.69) is 17.4 Å². The van der Waals surface area contributed by atoms with Gasteiger partial charge in [-0.05, 0) is 29.8 Å². The highest BCUT2D eigenvalue weighted by Crippen LogP contribution is 2.18. The summed E-state index contributed by atoms with van der Waals surface area (Å²) in [5.41, 5.74) is 1.71. The first-order valence-corrected chi connectivity index (χ1v) is 7.07. The van der Waals surface area contributed by atoms with Gasteiger partial charge in [-0.3, -0.25) is 4.79 Å². The van der Waals surface area contributed by atoms with Crippen molar-refractivity contribution in [3.05, 3.63) is 71.5 Å². The van der Waals surface area contributed by atoms with Crippen LogP contribution in [0, 0.1) is 5.82 Å². The summed E-state index contributed by atoms with van der Waals surface area (Å²) in [6, 6.07) is 16.0. The molecule has 0 radical (unpaired) electrons. The Balaban J connectivity index is 1.74. The molecule has 0 saturated carbocycles. The van der Waals surface area contributed by atoms with E-state index in [-0.39, 0.29) is 17.8 Å². The second kappa shape index (κ2) is 6.06. The first-order valence-electron chi connectivity index (χ1n) is 7.07. The highest BCUT2D eigenvalue weighted by Gasteiger charge is 2.24. The van der Waals surface area contributed by atoms with Gasteiger partial charge in [0.2, 0.25) is 0 Å². The molecule has 1 unspecified atom stereocenters. The Morgan fingerprint density at radius 1 is 1.10 bits per heavy atom. The third-order valence-corrected chi connectivity index (χ3v) is 3.76. The van der Waals surface area contributed by atoms with Crippen molar-refractivity contribution in [2.45, 2.75) is 6.04 Å². The molecule has 21 heavy (non-hydrogen) atoms. The van der Waals surface area contributed by atoms with Crippen LogP contribution in [-0.4, -0.2) is 30.4 Å². The molecule has 3 nitrogen and oxygen atoms in total. The van der Waals surface area contributed by atoms with E-state index in [0.29, 0.717) is 18.7 Å². The number of carbonyl (C=O) groups excluding carboxylic acids is 1. The molecule has 1 aliphatic heterocycles. The van der Waals surface area contributed by atoms with Crippen molar-refractivity contribution in [2.24, 2.45) is 0 Å². The van der Waals surface area contributed by atoms with Crippen LogP contribution in [-0.2, 0) is 0 Å². The van der Waals surface area contributed by atoms with Gasteiger partial charge in [-0.2, -0.15) is 0 Å². The van der Waals surface area contributed by atoms with Gasteiger partial charge in [0.05, 0.1) is 0 Å². The molecular formula is C17H17FN2O. The molecule has 1 saturated heterocycles. The normalized spacial score (nSPS) is 18.5. The highest BCUT2D eigenvalue weighted by molar-refractivity contribution is 5.94. The number of nitrogens with one attached hydrogen (secondary N) is 1. The lowest BCUT2D eigenvalue weighted by molar-refractivity contribution is 0.0703. The van der Waals surface area contributed by atoms with Crippen LogP contribution in [0.25, 0.3) is 0 Å². The lowest BCUT2D eigenvalue weighted by Crippen LogP contribution is -2.48. The van der Waals surface area contributed by atoms with E-state index in [1.165, 1.54) is 29.8 Å². The number of amides is 1. The minimum absolute atomic E-state index is 0.0440. The van der Waals surface area contributed by atoms with E-state index in [4.69, 9.17) is 0 Å². The molecule has 3 rings (SSSR count). The van der Waals surface area contributed by atoms with Crippen LogP contribution in [0.5, 0.6) is 0 Å². The summed E-state index contributed by atoms with van der Waals surface area (Å²) in [6.45, 7) is 2.05. The molecule has 2 aromatic carbocycles. The van der Waals surface area contributed by atoms with Gasteiger partial charge < -0.3 is 10.2 Å². The van der Waals surface area contributed by atoms with Gasteiger partial charge in [0.15, 0.2) is 0 Å². The summed E-state index contributed by atoms with van der Waals surface area (Å²) in [4.78, 5) is 14.3. The third kappa shape index (κ3) is 3.11. The van der Waals surface area contributed by atoms with E-state index in [1.54, 1.807) is 0 Å². The minimum atomic E-state index is -0.325. The Bertz CT molecular complexity index is 612. The molecular weight excluding hydrogens is 267 g/mol. The molecule has 1 aliphatic rings. The van der Waals surface area contributed by atoms with Gasteiger partial charge in [-0.15, -0.1) is 0 Å². The van der Waals surface area contributed by atoms with Crippen molar-refractivity contribution in [1.82, 2.24) is 10.2 Å². The first kappa shape index (κ1) is 13.8. The molecule has 0 aliphatic carbocycles. The molecule has 0 bridgehead atoms. The first-order chi connectivity index (χ1) is 10.2. The van der Waals surface area contributed by atoms with E-state index in [1.807, 2.05) is 23.1 Å². The standard InChI is InChI=1S/C17H17FN2O/c18-15-8-6-14(7-9-15)17(21)20-11-10-19-16(12-20)13-4-2-1-3-5-13/h1-9,16,19H,10-12H2. The fourth-order valence-electron chi connectivity index (χ4n) is 2.62. The average Bonchev–Trinajstić information content (AvgIpc) is 2.56. The van der Waals surface area contributed by atoms with Crippen molar-refractivity contribution in [2.75, 3.05) is 19.6 Å². The number of halogens is 1. The summed E-state index contributed by atoms with van der Waals surface area (Å²) in [5.74, 6) is -0.369. The van der Waals surface area contributed by atoms with Crippen molar-refractivity contribution in [3.63, 3.8) is 0 Å². The second-order valence-electron chi connectivity index (χ2n) is 5.18. The Morgan fingerprint density at radius 2 is 1.81 bits per heavy atom. The van der Waals surface area contributed by atoms with Gasteiger partial charge in [0, 0.05) is 31.2 Å². The summed E-state index contributed by atoms with van der Waals surface area (Å²) >= 11 is 0. The van der Waals surface area contributed by atoms with E-state index in [9.17, 15) is 9.18 Å². The number of carbonyl (C=O) groups is 1. The SMILES string of the molecule is O=C(c1ccc(F)cc1)N1CCNC(c2ccccc2)C1. The molecule has 108 valence electrons. The lowest BCUT2D eigenvalue weighted by atomic mass is 10.0. The number of nitrogens with zero attached hydrogens (tertiary/aromatic N) is 1. The Morgan fingerprint density at radius 3 is 2.52 bits per heavy atom. The Kier molecular flexibility index (Phi) is 3.97. The molecule has 1 atom stereocenters. The Hall–Kier alpha value is -2.20. The van der Waals surface area contributed by atoms with Crippen LogP contribution in [0.15, 0.2) is 54.6 Å². The summed E-state index contributed by atoms with van der Waals surface area (Å²) in [7, 11) is 0. The topological polar surface area (TPSA) is 32.3 Å². The summed E-state index contributed by atoms with van der Waals surface area (Å²) in [6.07, 6.45) is 0. The fourth-order valence-corrected chi connectivity index (χ4v) is 2.62. The molecule has 1 fully saturated rings. The monoisotopic (exact) mass is 284 g/mol. The van der Waals surface area contributed by atoms with Crippen LogP contribution < -0.4 is 5.32 Å². The predicted octanol–water partition coefficient (Wildman–Crippen LogP) is 2.61. The molecule has 0 spiro atoms. The number of piperazine rings is 1. The summed E-state index contributed by atoms with van der Waals surface area (Å²) in [5, 5.41) is 3.43. The maximum atomic E-state index is 12.9. The van der Waals surface area contributed by atoms with Gasteiger partial charge >= 0.3 is 0 Å². The van der Waals surface area contributed by atoms with Gasteiger partial charge in [0.25, 0.3) is 5.91 Å². The predicted molar refractivity (Wildman–Crippen MR) is 79.5 cm³/mol. The molecule has 2 aromatic rings. The largest absolute Gasteiger partial charge is 0.335 e. The summed E-state index contributed by atoms with van der Waals surface area (Å²) < 4.78 is 12.9. The molecule has 1 amide bonds. The quantitative estimate of drug-likeness (QED) is 0.919. The van der Waals surface area contributed by atoms with Crippen LogP contribution in [0.2, 0.25) is 0 Å². The number of benzene rings is 2. The molecule has 1 heterocycles. The third-order valence-electron chi connectivity index (χ3n) is 3.76. The van der Waals surface area contributed by atoms with Crippen molar-refractivity contribution >= 4 is 5.91 Å². The van der Waals surface area contributed by atoms with E-state index < -0.39 is 0 Å². The smallest absolute Gasteiger partial charge is 0.253 e. The Labute approximate surface area is 123 Å². The molecule has 1 N–H and O–H groups in total. The van der Waals surface area contributed by atoms with Crippen LogP contribution in [0.3, 0.4) is 0 Å². The zero-order valence-corrected chi connectivity index (χ0v) is 11.6. The molecule has 0 aromatic heterocycles. The zero-order valence-electron chi connectivity index (χ0n) is 11.6. The fraction of sp³-hybridized carbons (Fsp3) is 0.235. The minimum Gasteiger partial charge on any atom is -0.335 e. The molecule has 4 heteroatoms. The van der Waals surface area contributed by atoms with Gasteiger partial charge in [-0.25, -0.2) is 4.39 Å².